The number of carbonyl (C=O) groups excluding carboxylic acids is 1. The number of carbonyl (C=O) groups is 1. The number of hydrogen-bond donors (Lipinski definition) is 3. The van der Waals surface area contributed by atoms with Crippen LogP contribution in [0.1, 0.15) is 36.5 Å². The Bertz CT molecular complexity index is 367. The van der Waals surface area contributed by atoms with Gasteiger partial charge < -0.3 is 15.7 Å². The van der Waals surface area contributed by atoms with Crippen LogP contribution in [0.25, 0.3) is 0 Å². The molecule has 0 fully saturated rings. The summed E-state index contributed by atoms with van der Waals surface area (Å²) in [6, 6.07) is 7.50. The van der Waals surface area contributed by atoms with Crippen molar-refractivity contribution in [3.63, 3.8) is 0 Å². The van der Waals surface area contributed by atoms with Gasteiger partial charge in [-0.3, -0.25) is 4.79 Å². The zero-order valence-electron chi connectivity index (χ0n) is 10.9. The van der Waals surface area contributed by atoms with Gasteiger partial charge in [-0.15, -0.1) is 0 Å². The number of para-hydroxylation sites is 1. The molecule has 1 aromatic rings. The molecule has 0 atom stereocenters. The van der Waals surface area contributed by atoms with Crippen molar-refractivity contribution in [1.82, 2.24) is 5.32 Å². The number of unbranched alkanes of at least 4 members (excludes halogenated alkanes) is 2. The van der Waals surface area contributed by atoms with E-state index in [0.717, 1.165) is 31.5 Å². The Kier molecular flexibility index (Phi) is 6.87. The van der Waals surface area contributed by atoms with Crippen LogP contribution < -0.4 is 10.6 Å². The molecule has 4 nitrogen and oxygen atoms in total. The first-order valence-corrected chi connectivity index (χ1v) is 6.51. The molecule has 0 heterocycles. The van der Waals surface area contributed by atoms with Gasteiger partial charge in [-0.05, 0) is 38.3 Å². The van der Waals surface area contributed by atoms with Crippen LogP contribution in [0.15, 0.2) is 24.3 Å². The Labute approximate surface area is 108 Å². The highest BCUT2D eigenvalue weighted by molar-refractivity contribution is 5.99. The normalized spacial score (nSPS) is 10.1. The van der Waals surface area contributed by atoms with Crippen molar-refractivity contribution < 1.29 is 9.90 Å². The second kappa shape index (κ2) is 8.53. The molecule has 0 saturated heterocycles. The first kappa shape index (κ1) is 14.5. The number of nitrogens with one attached hydrogen (secondary N) is 2. The third kappa shape index (κ3) is 4.75. The Balaban J connectivity index is 2.45. The van der Waals surface area contributed by atoms with Crippen molar-refractivity contribution in [3.8, 4) is 0 Å². The summed E-state index contributed by atoms with van der Waals surface area (Å²) in [5.74, 6) is -0.0458. The van der Waals surface area contributed by atoms with Crippen molar-refractivity contribution in [2.24, 2.45) is 0 Å². The van der Waals surface area contributed by atoms with E-state index in [4.69, 9.17) is 5.11 Å². The molecule has 1 amide bonds. The van der Waals surface area contributed by atoms with E-state index in [-0.39, 0.29) is 12.5 Å². The van der Waals surface area contributed by atoms with Crippen LogP contribution >= 0.6 is 0 Å². The molecule has 100 valence electrons. The fourth-order valence-electron chi connectivity index (χ4n) is 1.74. The molecule has 0 aliphatic carbocycles. The van der Waals surface area contributed by atoms with Crippen LogP contribution in [-0.2, 0) is 0 Å². The molecule has 0 radical (unpaired) electrons. The standard InChI is InChI=1S/C14H22N2O2/c1-2-15-13-9-5-4-8-12(13)14(18)16-10-6-3-7-11-17/h4-5,8-9,15,17H,2-3,6-7,10-11H2,1H3,(H,16,18). The number of rotatable bonds is 8. The Morgan fingerprint density at radius 2 is 2.00 bits per heavy atom. The second-order valence-corrected chi connectivity index (χ2v) is 4.12. The first-order chi connectivity index (χ1) is 8.79. The Morgan fingerprint density at radius 1 is 1.22 bits per heavy atom. The molecule has 0 bridgehead atoms. The van der Waals surface area contributed by atoms with E-state index in [0.29, 0.717) is 12.1 Å². The zero-order valence-corrected chi connectivity index (χ0v) is 10.9. The average Bonchev–Trinajstić information content (AvgIpc) is 2.39. The summed E-state index contributed by atoms with van der Waals surface area (Å²) >= 11 is 0. The third-order valence-electron chi connectivity index (χ3n) is 2.66. The fourth-order valence-corrected chi connectivity index (χ4v) is 1.74. The minimum Gasteiger partial charge on any atom is -0.396 e. The average molecular weight is 250 g/mol. The number of hydrogen-bond acceptors (Lipinski definition) is 3. The lowest BCUT2D eigenvalue weighted by Crippen LogP contribution is -2.25. The summed E-state index contributed by atoms with van der Waals surface area (Å²) in [7, 11) is 0. The van der Waals surface area contributed by atoms with Gasteiger partial charge in [0, 0.05) is 25.4 Å². The fraction of sp³-hybridized carbons (Fsp3) is 0.500. The van der Waals surface area contributed by atoms with E-state index in [1.165, 1.54) is 0 Å². The maximum absolute atomic E-state index is 12.0. The maximum atomic E-state index is 12.0. The second-order valence-electron chi connectivity index (χ2n) is 4.12. The predicted molar refractivity (Wildman–Crippen MR) is 73.9 cm³/mol. The SMILES string of the molecule is CCNc1ccccc1C(=O)NCCCCCO. The summed E-state index contributed by atoms with van der Waals surface area (Å²) < 4.78 is 0. The van der Waals surface area contributed by atoms with Crippen LogP contribution in [0.5, 0.6) is 0 Å². The maximum Gasteiger partial charge on any atom is 0.253 e. The molecule has 1 aromatic carbocycles. The van der Waals surface area contributed by atoms with Crippen molar-refractivity contribution in [2.45, 2.75) is 26.2 Å². The van der Waals surface area contributed by atoms with Crippen LogP contribution in [0.2, 0.25) is 0 Å². The van der Waals surface area contributed by atoms with Crippen LogP contribution in [-0.4, -0.2) is 30.7 Å². The molecule has 3 N–H and O–H groups in total. The molecule has 0 aromatic heterocycles. The van der Waals surface area contributed by atoms with Crippen LogP contribution in [0.3, 0.4) is 0 Å². The summed E-state index contributed by atoms with van der Waals surface area (Å²) in [5, 5.41) is 14.7. The van der Waals surface area contributed by atoms with Crippen molar-refractivity contribution in [3.05, 3.63) is 29.8 Å². The van der Waals surface area contributed by atoms with Gasteiger partial charge in [0.25, 0.3) is 5.91 Å². The van der Waals surface area contributed by atoms with Crippen LogP contribution in [0.4, 0.5) is 5.69 Å². The zero-order chi connectivity index (χ0) is 13.2. The summed E-state index contributed by atoms with van der Waals surface area (Å²) in [6.45, 7) is 3.67. The van der Waals surface area contributed by atoms with Gasteiger partial charge in [0.2, 0.25) is 0 Å². The van der Waals surface area contributed by atoms with Gasteiger partial charge in [-0.1, -0.05) is 12.1 Å². The Hall–Kier alpha value is -1.55. The number of amides is 1. The van der Waals surface area contributed by atoms with E-state index in [1.807, 2.05) is 31.2 Å². The molecule has 4 heteroatoms. The summed E-state index contributed by atoms with van der Waals surface area (Å²) in [6.07, 6.45) is 2.63. The number of aliphatic hydroxyl groups excluding tert-OH is 1. The van der Waals surface area contributed by atoms with Gasteiger partial charge in [-0.2, -0.15) is 0 Å². The van der Waals surface area contributed by atoms with E-state index in [9.17, 15) is 4.79 Å². The smallest absolute Gasteiger partial charge is 0.253 e. The predicted octanol–water partition coefficient (Wildman–Crippen LogP) is 2.01. The van der Waals surface area contributed by atoms with Crippen LogP contribution in [0, 0.1) is 0 Å². The molecule has 0 aliphatic rings. The molecule has 0 spiro atoms. The quantitative estimate of drug-likeness (QED) is 0.618. The minimum absolute atomic E-state index is 0.0458. The van der Waals surface area contributed by atoms with E-state index >= 15 is 0 Å². The third-order valence-corrected chi connectivity index (χ3v) is 2.66. The van der Waals surface area contributed by atoms with Crippen molar-refractivity contribution in [1.29, 1.82) is 0 Å². The highest BCUT2D eigenvalue weighted by atomic mass is 16.2. The van der Waals surface area contributed by atoms with Gasteiger partial charge in [-0.25, -0.2) is 0 Å². The number of aliphatic hydroxyl groups is 1. The van der Waals surface area contributed by atoms with Gasteiger partial charge >= 0.3 is 0 Å². The number of anilines is 1. The highest BCUT2D eigenvalue weighted by Crippen LogP contribution is 2.14. The monoisotopic (exact) mass is 250 g/mol. The van der Waals surface area contributed by atoms with E-state index < -0.39 is 0 Å². The lowest BCUT2D eigenvalue weighted by Gasteiger charge is -2.10. The van der Waals surface area contributed by atoms with Gasteiger partial charge in [0.1, 0.15) is 0 Å². The highest BCUT2D eigenvalue weighted by Gasteiger charge is 2.09. The summed E-state index contributed by atoms with van der Waals surface area (Å²) in [4.78, 5) is 12.0. The largest absolute Gasteiger partial charge is 0.396 e. The number of benzene rings is 1. The van der Waals surface area contributed by atoms with Gasteiger partial charge in [0.05, 0.1) is 5.56 Å². The molecule has 1 rings (SSSR count). The molecule has 0 saturated carbocycles. The van der Waals surface area contributed by atoms with Crippen molar-refractivity contribution >= 4 is 11.6 Å². The van der Waals surface area contributed by atoms with E-state index in [1.54, 1.807) is 0 Å². The molecule has 0 unspecified atom stereocenters. The molecule has 18 heavy (non-hydrogen) atoms. The van der Waals surface area contributed by atoms with Crippen molar-refractivity contribution in [2.75, 3.05) is 25.0 Å². The topological polar surface area (TPSA) is 61.4 Å². The first-order valence-electron chi connectivity index (χ1n) is 6.51. The molecular formula is C14H22N2O2. The Morgan fingerprint density at radius 3 is 2.72 bits per heavy atom. The lowest BCUT2D eigenvalue weighted by molar-refractivity contribution is 0.0953. The molecule has 0 aliphatic heterocycles. The van der Waals surface area contributed by atoms with E-state index in [2.05, 4.69) is 10.6 Å². The summed E-state index contributed by atoms with van der Waals surface area (Å²) in [5.41, 5.74) is 1.55. The lowest BCUT2D eigenvalue weighted by atomic mass is 10.1. The van der Waals surface area contributed by atoms with Gasteiger partial charge in [0.15, 0.2) is 0 Å². The minimum atomic E-state index is -0.0458. The molecular weight excluding hydrogens is 228 g/mol.